The first-order chi connectivity index (χ1) is 8.96. The summed E-state index contributed by atoms with van der Waals surface area (Å²) in [6, 6.07) is 2.87. The van der Waals surface area contributed by atoms with Crippen molar-refractivity contribution < 1.29 is 0 Å². The lowest BCUT2D eigenvalue weighted by Gasteiger charge is -2.46. The van der Waals surface area contributed by atoms with E-state index in [0.29, 0.717) is 6.04 Å². The Morgan fingerprint density at radius 3 is 2.74 bits per heavy atom. The fourth-order valence-electron chi connectivity index (χ4n) is 2.72. The van der Waals surface area contributed by atoms with E-state index in [2.05, 4.69) is 56.1 Å². The smallest absolute Gasteiger partial charge is 0.0625 e. The van der Waals surface area contributed by atoms with Crippen LogP contribution in [0.25, 0.3) is 0 Å². The summed E-state index contributed by atoms with van der Waals surface area (Å²) in [6.45, 7) is 12.2. The van der Waals surface area contributed by atoms with Gasteiger partial charge in [0.1, 0.15) is 0 Å². The molecule has 0 aromatic carbocycles. The van der Waals surface area contributed by atoms with Gasteiger partial charge in [-0.05, 0) is 32.8 Å². The molecule has 0 aliphatic carbocycles. The molecule has 2 rings (SSSR count). The minimum atomic E-state index is 0.211. The van der Waals surface area contributed by atoms with Crippen molar-refractivity contribution in [3.63, 3.8) is 0 Å². The highest BCUT2D eigenvalue weighted by molar-refractivity contribution is 5.11. The highest BCUT2D eigenvalue weighted by Gasteiger charge is 2.33. The van der Waals surface area contributed by atoms with E-state index in [9.17, 15) is 0 Å². The Bertz CT molecular complexity index is 422. The van der Waals surface area contributed by atoms with Crippen LogP contribution in [-0.4, -0.2) is 39.4 Å². The van der Waals surface area contributed by atoms with Crippen LogP contribution in [0.5, 0.6) is 0 Å². The summed E-state index contributed by atoms with van der Waals surface area (Å²) in [5, 5.41) is 8.20. The molecule has 4 nitrogen and oxygen atoms in total. The lowest BCUT2D eigenvalue weighted by Crippen LogP contribution is -2.61. The van der Waals surface area contributed by atoms with Crippen molar-refractivity contribution in [3.8, 4) is 0 Å². The molecule has 19 heavy (non-hydrogen) atoms. The van der Waals surface area contributed by atoms with Gasteiger partial charge in [-0.3, -0.25) is 9.58 Å². The second-order valence-electron chi connectivity index (χ2n) is 6.28. The number of nitrogens with zero attached hydrogens (tertiary/aromatic N) is 3. The minimum Gasteiger partial charge on any atom is -0.311 e. The first-order valence-corrected chi connectivity index (χ1v) is 7.46. The molecule has 1 N–H and O–H groups in total. The van der Waals surface area contributed by atoms with Crippen molar-refractivity contribution in [1.29, 1.82) is 0 Å². The minimum absolute atomic E-state index is 0.211. The van der Waals surface area contributed by atoms with Crippen molar-refractivity contribution in [2.75, 3.05) is 13.1 Å². The third-order valence-corrected chi connectivity index (χ3v) is 4.36. The maximum absolute atomic E-state index is 4.56. The van der Waals surface area contributed by atoms with E-state index in [1.54, 1.807) is 0 Å². The Morgan fingerprint density at radius 1 is 1.42 bits per heavy atom. The van der Waals surface area contributed by atoms with Crippen LogP contribution in [0, 0.1) is 0 Å². The molecule has 1 aromatic rings. The van der Waals surface area contributed by atoms with Crippen LogP contribution in [0.1, 0.15) is 45.5 Å². The Kier molecular flexibility index (Phi) is 4.31. The number of nitrogens with one attached hydrogen (secondary N) is 1. The molecule has 0 spiro atoms. The van der Waals surface area contributed by atoms with E-state index in [1.165, 1.54) is 17.8 Å². The average Bonchev–Trinajstić information content (AvgIpc) is 2.73. The predicted octanol–water partition coefficient (Wildman–Crippen LogP) is 1.94. The summed E-state index contributed by atoms with van der Waals surface area (Å²) in [4.78, 5) is 2.59. The first kappa shape index (κ1) is 14.5. The van der Waals surface area contributed by atoms with Crippen molar-refractivity contribution in [1.82, 2.24) is 20.0 Å². The standard InChI is InChI=1S/C15H28N4/c1-6-12-8-14(18(5)17-12)10-19-9-13(7-2)16-11-15(19,3)4/h8,13,16H,6-7,9-11H2,1-5H3. The van der Waals surface area contributed by atoms with Gasteiger partial charge in [0.05, 0.1) is 11.4 Å². The summed E-state index contributed by atoms with van der Waals surface area (Å²) >= 11 is 0. The Hall–Kier alpha value is -0.870. The third kappa shape index (κ3) is 3.18. The number of piperazine rings is 1. The third-order valence-electron chi connectivity index (χ3n) is 4.36. The molecule has 1 aliphatic heterocycles. The largest absolute Gasteiger partial charge is 0.311 e. The number of aromatic nitrogens is 2. The fourth-order valence-corrected chi connectivity index (χ4v) is 2.72. The lowest BCUT2D eigenvalue weighted by molar-refractivity contribution is 0.0555. The molecule has 1 atom stereocenters. The first-order valence-electron chi connectivity index (χ1n) is 7.46. The molecular formula is C15H28N4. The maximum atomic E-state index is 4.56. The zero-order chi connectivity index (χ0) is 14.0. The number of hydrogen-bond donors (Lipinski definition) is 1. The predicted molar refractivity (Wildman–Crippen MR) is 79.2 cm³/mol. The Labute approximate surface area is 117 Å². The molecule has 0 amide bonds. The Morgan fingerprint density at radius 2 is 2.16 bits per heavy atom. The molecule has 2 heterocycles. The molecule has 1 saturated heterocycles. The van der Waals surface area contributed by atoms with Crippen molar-refractivity contribution >= 4 is 0 Å². The van der Waals surface area contributed by atoms with Gasteiger partial charge in [0, 0.05) is 38.3 Å². The van der Waals surface area contributed by atoms with Crippen LogP contribution in [0.2, 0.25) is 0 Å². The zero-order valence-corrected chi connectivity index (χ0v) is 13.0. The highest BCUT2D eigenvalue weighted by atomic mass is 15.3. The van der Waals surface area contributed by atoms with Crippen LogP contribution in [0.4, 0.5) is 0 Å². The fraction of sp³-hybridized carbons (Fsp3) is 0.800. The summed E-state index contributed by atoms with van der Waals surface area (Å²) in [6.07, 6.45) is 2.20. The molecule has 4 heteroatoms. The summed E-state index contributed by atoms with van der Waals surface area (Å²) in [5.74, 6) is 0. The van der Waals surface area contributed by atoms with Crippen molar-refractivity contribution in [2.45, 2.75) is 58.7 Å². The second kappa shape index (κ2) is 5.63. The van der Waals surface area contributed by atoms with Gasteiger partial charge in [0.15, 0.2) is 0 Å². The van der Waals surface area contributed by atoms with Gasteiger partial charge in [0.25, 0.3) is 0 Å². The highest BCUT2D eigenvalue weighted by Crippen LogP contribution is 2.22. The van der Waals surface area contributed by atoms with E-state index in [1.807, 2.05) is 4.68 Å². The van der Waals surface area contributed by atoms with Gasteiger partial charge < -0.3 is 5.32 Å². The topological polar surface area (TPSA) is 33.1 Å². The molecule has 0 radical (unpaired) electrons. The van der Waals surface area contributed by atoms with E-state index in [-0.39, 0.29) is 5.54 Å². The van der Waals surface area contributed by atoms with Gasteiger partial charge in [-0.25, -0.2) is 0 Å². The monoisotopic (exact) mass is 264 g/mol. The van der Waals surface area contributed by atoms with Crippen molar-refractivity contribution in [2.24, 2.45) is 7.05 Å². The van der Waals surface area contributed by atoms with Crippen LogP contribution in [0.3, 0.4) is 0 Å². The van der Waals surface area contributed by atoms with Gasteiger partial charge in [-0.2, -0.15) is 5.10 Å². The molecule has 1 fully saturated rings. The van der Waals surface area contributed by atoms with E-state index in [0.717, 1.165) is 26.1 Å². The van der Waals surface area contributed by atoms with Gasteiger partial charge in [-0.1, -0.05) is 13.8 Å². The lowest BCUT2D eigenvalue weighted by atomic mass is 9.96. The number of hydrogen-bond acceptors (Lipinski definition) is 3. The van der Waals surface area contributed by atoms with E-state index in [4.69, 9.17) is 0 Å². The maximum Gasteiger partial charge on any atom is 0.0625 e. The van der Waals surface area contributed by atoms with Crippen molar-refractivity contribution in [3.05, 3.63) is 17.5 Å². The summed E-state index contributed by atoms with van der Waals surface area (Å²) in [7, 11) is 2.06. The van der Waals surface area contributed by atoms with Gasteiger partial charge >= 0.3 is 0 Å². The summed E-state index contributed by atoms with van der Waals surface area (Å²) in [5.41, 5.74) is 2.72. The zero-order valence-electron chi connectivity index (χ0n) is 13.0. The molecule has 1 aromatic heterocycles. The van der Waals surface area contributed by atoms with Gasteiger partial charge in [0.2, 0.25) is 0 Å². The SMILES string of the molecule is CCc1cc(CN2CC(CC)NCC2(C)C)n(C)n1. The molecule has 0 saturated carbocycles. The second-order valence-corrected chi connectivity index (χ2v) is 6.28. The summed E-state index contributed by atoms with van der Waals surface area (Å²) < 4.78 is 2.04. The molecule has 1 unspecified atom stereocenters. The van der Waals surface area contributed by atoms with Gasteiger partial charge in [-0.15, -0.1) is 0 Å². The quantitative estimate of drug-likeness (QED) is 0.902. The van der Waals surface area contributed by atoms with Crippen LogP contribution >= 0.6 is 0 Å². The van der Waals surface area contributed by atoms with Crippen LogP contribution in [0.15, 0.2) is 6.07 Å². The van der Waals surface area contributed by atoms with Crippen LogP contribution < -0.4 is 5.32 Å². The van der Waals surface area contributed by atoms with E-state index < -0.39 is 0 Å². The van der Waals surface area contributed by atoms with E-state index >= 15 is 0 Å². The normalized spacial score (nSPS) is 23.7. The Balaban J connectivity index is 2.12. The molecular weight excluding hydrogens is 236 g/mol. The number of rotatable bonds is 4. The average molecular weight is 264 g/mol. The van der Waals surface area contributed by atoms with Crippen LogP contribution in [-0.2, 0) is 20.0 Å². The number of aryl methyl sites for hydroxylation is 2. The molecule has 0 bridgehead atoms. The molecule has 1 aliphatic rings. The molecule has 108 valence electrons.